The topological polar surface area (TPSA) is 97.5 Å². The maximum absolute atomic E-state index is 13.0. The Labute approximate surface area is 179 Å². The molecule has 0 aliphatic heterocycles. The summed E-state index contributed by atoms with van der Waals surface area (Å²) in [7, 11) is -7.67. The summed E-state index contributed by atoms with van der Waals surface area (Å²) >= 11 is 5.73. The Balaban J connectivity index is 1.77. The van der Waals surface area contributed by atoms with Crippen molar-refractivity contribution in [3.05, 3.63) is 77.7 Å². The zero-order chi connectivity index (χ0) is 21.8. The third-order valence-electron chi connectivity index (χ3n) is 4.24. The SMILES string of the molecule is O=S(=O)(CCCN(Cc1ccco1)S(=O)(=O)c1ccc(Cl)nc1)c1ccc(F)cc1. The minimum absolute atomic E-state index is 0.0220. The largest absolute Gasteiger partial charge is 0.468 e. The fourth-order valence-corrected chi connectivity index (χ4v) is 5.51. The highest BCUT2D eigenvalue weighted by Gasteiger charge is 2.26. The molecule has 0 unspecified atom stereocenters. The number of hydrogen-bond acceptors (Lipinski definition) is 6. The fraction of sp³-hybridized carbons (Fsp3) is 0.211. The number of nitrogens with zero attached hydrogens (tertiary/aromatic N) is 2. The maximum Gasteiger partial charge on any atom is 0.245 e. The van der Waals surface area contributed by atoms with Gasteiger partial charge in [-0.05, 0) is 55.0 Å². The second-order valence-corrected chi connectivity index (χ2v) is 10.8. The molecule has 0 bridgehead atoms. The Bertz CT molecular complexity index is 1180. The van der Waals surface area contributed by atoms with E-state index in [4.69, 9.17) is 16.0 Å². The second kappa shape index (κ2) is 9.25. The molecule has 0 spiro atoms. The van der Waals surface area contributed by atoms with Gasteiger partial charge in [0.05, 0.1) is 23.5 Å². The molecule has 0 atom stereocenters. The van der Waals surface area contributed by atoms with E-state index in [1.165, 1.54) is 30.5 Å². The lowest BCUT2D eigenvalue weighted by molar-refractivity contribution is 0.363. The minimum atomic E-state index is -3.97. The highest BCUT2D eigenvalue weighted by Crippen LogP contribution is 2.21. The van der Waals surface area contributed by atoms with Crippen LogP contribution in [0.2, 0.25) is 5.15 Å². The maximum atomic E-state index is 13.0. The van der Waals surface area contributed by atoms with E-state index in [9.17, 15) is 21.2 Å². The number of benzene rings is 1. The normalized spacial score (nSPS) is 12.4. The van der Waals surface area contributed by atoms with E-state index in [-0.39, 0.29) is 40.2 Å². The van der Waals surface area contributed by atoms with E-state index in [0.717, 1.165) is 22.6 Å². The molecule has 0 fully saturated rings. The number of sulfonamides is 1. The lowest BCUT2D eigenvalue weighted by Gasteiger charge is -2.21. The molecule has 0 radical (unpaired) electrons. The number of furan rings is 1. The van der Waals surface area contributed by atoms with Gasteiger partial charge in [-0.15, -0.1) is 0 Å². The van der Waals surface area contributed by atoms with E-state index >= 15 is 0 Å². The summed E-state index contributed by atoms with van der Waals surface area (Å²) in [5.74, 6) is -0.440. The summed E-state index contributed by atoms with van der Waals surface area (Å²) in [6.45, 7) is -0.152. The number of pyridine rings is 1. The van der Waals surface area contributed by atoms with Crippen molar-refractivity contribution in [2.75, 3.05) is 12.3 Å². The van der Waals surface area contributed by atoms with Crippen LogP contribution in [-0.2, 0) is 26.4 Å². The van der Waals surface area contributed by atoms with Crippen LogP contribution in [0.3, 0.4) is 0 Å². The van der Waals surface area contributed by atoms with Crippen LogP contribution in [0.5, 0.6) is 0 Å². The van der Waals surface area contributed by atoms with Crippen molar-refractivity contribution in [3.63, 3.8) is 0 Å². The lowest BCUT2D eigenvalue weighted by Crippen LogP contribution is -2.32. The van der Waals surface area contributed by atoms with Crippen LogP contribution < -0.4 is 0 Å². The van der Waals surface area contributed by atoms with E-state index in [1.807, 2.05) is 0 Å². The van der Waals surface area contributed by atoms with Crippen molar-refractivity contribution in [1.82, 2.24) is 9.29 Å². The third-order valence-corrected chi connectivity index (χ3v) is 8.11. The molecule has 3 aromatic rings. The molecule has 1 aromatic carbocycles. The van der Waals surface area contributed by atoms with Crippen molar-refractivity contribution in [2.24, 2.45) is 0 Å². The minimum Gasteiger partial charge on any atom is -0.468 e. The molecule has 0 aliphatic carbocycles. The average Bonchev–Trinajstić information content (AvgIpc) is 3.21. The smallest absolute Gasteiger partial charge is 0.245 e. The first-order valence-corrected chi connectivity index (χ1v) is 12.3. The van der Waals surface area contributed by atoms with E-state index in [0.29, 0.717) is 5.76 Å². The van der Waals surface area contributed by atoms with Gasteiger partial charge >= 0.3 is 0 Å². The van der Waals surface area contributed by atoms with Gasteiger partial charge in [-0.3, -0.25) is 0 Å². The molecular formula is C19H18ClFN2O5S2. The number of hydrogen-bond donors (Lipinski definition) is 0. The molecule has 160 valence electrons. The van der Waals surface area contributed by atoms with Crippen molar-refractivity contribution < 1.29 is 25.6 Å². The van der Waals surface area contributed by atoms with E-state index < -0.39 is 25.7 Å². The first kappa shape index (κ1) is 22.4. The van der Waals surface area contributed by atoms with Crippen molar-refractivity contribution in [1.29, 1.82) is 0 Å². The quantitative estimate of drug-likeness (QED) is 0.349. The Morgan fingerprint density at radius 3 is 2.30 bits per heavy atom. The van der Waals surface area contributed by atoms with E-state index in [1.54, 1.807) is 12.1 Å². The molecule has 7 nitrogen and oxygen atoms in total. The van der Waals surface area contributed by atoms with Gasteiger partial charge in [0.1, 0.15) is 21.6 Å². The number of aromatic nitrogens is 1. The summed E-state index contributed by atoms with van der Waals surface area (Å²) in [6.07, 6.45) is 2.59. The number of rotatable bonds is 9. The summed E-state index contributed by atoms with van der Waals surface area (Å²) in [6, 6.07) is 10.4. The van der Waals surface area contributed by atoms with Gasteiger partial charge < -0.3 is 4.42 Å². The summed E-state index contributed by atoms with van der Waals surface area (Å²) in [4.78, 5) is 3.71. The molecule has 2 aromatic heterocycles. The molecule has 30 heavy (non-hydrogen) atoms. The van der Waals surface area contributed by atoms with Crippen molar-refractivity contribution in [3.8, 4) is 0 Å². The third kappa shape index (κ3) is 5.45. The molecule has 11 heteroatoms. The zero-order valence-corrected chi connectivity index (χ0v) is 18.0. The first-order chi connectivity index (χ1) is 14.2. The summed E-state index contributed by atoms with van der Waals surface area (Å²) < 4.78 is 70.4. The molecule has 3 rings (SSSR count). The van der Waals surface area contributed by atoms with Crippen molar-refractivity contribution in [2.45, 2.75) is 22.8 Å². The van der Waals surface area contributed by atoms with E-state index in [2.05, 4.69) is 4.98 Å². The average molecular weight is 473 g/mol. The predicted octanol–water partition coefficient (Wildman–Crippen LogP) is 3.52. The fourth-order valence-electron chi connectivity index (χ4n) is 2.72. The van der Waals surface area contributed by atoms with Gasteiger partial charge in [0.25, 0.3) is 0 Å². The lowest BCUT2D eigenvalue weighted by atomic mass is 10.4. The Morgan fingerprint density at radius 2 is 1.70 bits per heavy atom. The molecule has 2 heterocycles. The van der Waals surface area contributed by atoms with Gasteiger partial charge in [0.15, 0.2) is 9.84 Å². The van der Waals surface area contributed by atoms with Crippen LogP contribution in [0.1, 0.15) is 12.2 Å². The van der Waals surface area contributed by atoms with Crippen LogP contribution in [-0.4, -0.2) is 38.4 Å². The predicted molar refractivity (Wildman–Crippen MR) is 109 cm³/mol. The van der Waals surface area contributed by atoms with Crippen LogP contribution in [0.15, 0.2) is 75.2 Å². The highest BCUT2D eigenvalue weighted by atomic mass is 35.5. The van der Waals surface area contributed by atoms with Gasteiger partial charge in [-0.2, -0.15) is 4.31 Å². The van der Waals surface area contributed by atoms with Crippen LogP contribution >= 0.6 is 11.6 Å². The van der Waals surface area contributed by atoms with Crippen LogP contribution in [0.4, 0.5) is 4.39 Å². The zero-order valence-electron chi connectivity index (χ0n) is 15.6. The monoisotopic (exact) mass is 472 g/mol. The van der Waals surface area contributed by atoms with Crippen molar-refractivity contribution >= 4 is 31.5 Å². The van der Waals surface area contributed by atoms with Gasteiger partial charge in [-0.1, -0.05) is 11.6 Å². The number of sulfone groups is 1. The van der Waals surface area contributed by atoms with Gasteiger partial charge in [0, 0.05) is 12.7 Å². The summed E-state index contributed by atoms with van der Waals surface area (Å²) in [5, 5.41) is 0.150. The Kier molecular flexibility index (Phi) is 6.91. The summed E-state index contributed by atoms with van der Waals surface area (Å²) in [5.41, 5.74) is 0. The van der Waals surface area contributed by atoms with Gasteiger partial charge in [-0.25, -0.2) is 26.2 Å². The Hall–Kier alpha value is -2.27. The first-order valence-electron chi connectivity index (χ1n) is 8.81. The molecule has 0 saturated heterocycles. The second-order valence-electron chi connectivity index (χ2n) is 6.36. The molecule has 0 N–H and O–H groups in total. The highest BCUT2D eigenvalue weighted by molar-refractivity contribution is 7.91. The molecular weight excluding hydrogens is 455 g/mol. The van der Waals surface area contributed by atoms with Crippen LogP contribution in [0.25, 0.3) is 0 Å². The molecule has 0 aliphatic rings. The standard InChI is InChI=1S/C19H18ClFN2O5S2/c20-19-9-8-18(13-22-19)30(26,27)23(14-16-3-1-11-28-16)10-2-12-29(24,25)17-6-4-15(21)5-7-17/h1,3-9,11,13H,2,10,12,14H2. The molecule has 0 saturated carbocycles. The Morgan fingerprint density at radius 1 is 1.00 bits per heavy atom. The number of halogens is 2. The van der Waals surface area contributed by atoms with Gasteiger partial charge in [0.2, 0.25) is 10.0 Å². The molecule has 0 amide bonds. The van der Waals surface area contributed by atoms with Crippen LogP contribution in [0, 0.1) is 5.82 Å².